The normalized spacial score (nSPS) is 10.3. The van der Waals surface area contributed by atoms with Gasteiger partial charge in [0.1, 0.15) is 17.4 Å². The van der Waals surface area contributed by atoms with Gasteiger partial charge in [-0.15, -0.1) is 12.4 Å². The van der Waals surface area contributed by atoms with Crippen LogP contribution in [0.4, 0.5) is 0 Å². The largest absolute Gasteiger partial charge is 0.307 e. The maximum atomic E-state index is 9.16. The number of nitrogens with zero attached hydrogens (tertiary/aromatic N) is 5. The van der Waals surface area contributed by atoms with E-state index >= 15 is 0 Å². The van der Waals surface area contributed by atoms with Gasteiger partial charge in [0.15, 0.2) is 0 Å². The van der Waals surface area contributed by atoms with Gasteiger partial charge in [-0.1, -0.05) is 0 Å². The predicted molar refractivity (Wildman–Crippen MR) is 92.7 cm³/mol. The average molecular weight is 337 g/mol. The number of fused-ring (bicyclic) bond motifs is 1. The number of aromatic amines is 1. The van der Waals surface area contributed by atoms with Crippen LogP contribution in [0.2, 0.25) is 0 Å². The molecule has 0 aromatic carbocycles. The molecule has 0 saturated carbocycles. The summed E-state index contributed by atoms with van der Waals surface area (Å²) in [7, 11) is 0. The summed E-state index contributed by atoms with van der Waals surface area (Å²) in [6, 6.07) is 9.65. The van der Waals surface area contributed by atoms with Gasteiger partial charge >= 0.3 is 0 Å². The quantitative estimate of drug-likeness (QED) is 0.608. The molecule has 4 heterocycles. The van der Waals surface area contributed by atoms with Crippen LogP contribution in [0.15, 0.2) is 49.1 Å². The molecule has 0 unspecified atom stereocenters. The molecule has 0 amide bonds. The summed E-state index contributed by atoms with van der Waals surface area (Å²) in [4.78, 5) is 8.98. The fraction of sp³-hybridized carbons (Fsp3) is 0.0588. The second-order valence-corrected chi connectivity index (χ2v) is 5.25. The van der Waals surface area contributed by atoms with Gasteiger partial charge in [-0.05, 0) is 31.2 Å². The van der Waals surface area contributed by atoms with Crippen molar-refractivity contribution < 1.29 is 0 Å². The minimum absolute atomic E-state index is 0. The van der Waals surface area contributed by atoms with Crippen molar-refractivity contribution >= 4 is 18.1 Å². The van der Waals surface area contributed by atoms with Gasteiger partial charge in [0.2, 0.25) is 0 Å². The molecule has 0 spiro atoms. The van der Waals surface area contributed by atoms with E-state index in [1.54, 1.807) is 12.3 Å². The molecule has 0 fully saturated rings. The summed E-state index contributed by atoms with van der Waals surface area (Å²) in [6.07, 6.45) is 7.47. The lowest BCUT2D eigenvalue weighted by molar-refractivity contribution is 1.09. The van der Waals surface area contributed by atoms with Gasteiger partial charge in [-0.25, -0.2) is 9.97 Å². The second-order valence-electron chi connectivity index (χ2n) is 5.25. The molecular weight excluding hydrogens is 324 g/mol. The van der Waals surface area contributed by atoms with E-state index in [2.05, 4.69) is 26.2 Å². The van der Waals surface area contributed by atoms with Crippen LogP contribution in [0.25, 0.3) is 28.0 Å². The van der Waals surface area contributed by atoms with E-state index in [0.29, 0.717) is 5.69 Å². The maximum Gasteiger partial charge on any atom is 0.141 e. The molecular formula is C17H13ClN6. The first-order valence-electron chi connectivity index (χ1n) is 7.10. The highest BCUT2D eigenvalue weighted by molar-refractivity contribution is 5.85. The van der Waals surface area contributed by atoms with E-state index in [0.717, 1.165) is 33.7 Å². The number of nitrogens with one attached hydrogen (secondary N) is 1. The van der Waals surface area contributed by atoms with E-state index in [-0.39, 0.29) is 12.4 Å². The number of rotatable bonds is 2. The standard InChI is InChI=1S/C17H12N6.ClH/c1-11-10-23-5-4-12(6-16(23)21-11)17-15(13-8-19-20-9-13)3-2-14(7-18)22-17;/h2-6,8-10H,1H3,(H,19,20);1H. The lowest BCUT2D eigenvalue weighted by Gasteiger charge is -2.08. The first-order chi connectivity index (χ1) is 11.2. The van der Waals surface area contributed by atoms with Crippen LogP contribution in [0.1, 0.15) is 11.4 Å². The number of H-pyrrole nitrogens is 1. The van der Waals surface area contributed by atoms with E-state index in [1.807, 2.05) is 48.1 Å². The first-order valence-corrected chi connectivity index (χ1v) is 7.10. The zero-order valence-electron chi connectivity index (χ0n) is 12.8. The molecule has 4 aromatic rings. The second kappa shape index (κ2) is 6.14. The number of aryl methyl sites for hydroxylation is 1. The number of hydrogen-bond acceptors (Lipinski definition) is 4. The van der Waals surface area contributed by atoms with Crippen LogP contribution in [0.5, 0.6) is 0 Å². The van der Waals surface area contributed by atoms with Gasteiger partial charge in [0.25, 0.3) is 0 Å². The molecule has 0 aliphatic rings. The molecule has 0 aliphatic heterocycles. The topological polar surface area (TPSA) is 82.7 Å². The van der Waals surface area contributed by atoms with Gasteiger partial charge in [0.05, 0.1) is 17.6 Å². The van der Waals surface area contributed by atoms with Crippen LogP contribution < -0.4 is 0 Å². The van der Waals surface area contributed by atoms with Gasteiger partial charge in [-0.2, -0.15) is 10.4 Å². The molecule has 6 nitrogen and oxygen atoms in total. The third-order valence-corrected chi connectivity index (χ3v) is 3.67. The minimum atomic E-state index is 0. The Kier molecular flexibility index (Phi) is 4.02. The molecule has 118 valence electrons. The number of hydrogen-bond donors (Lipinski definition) is 1. The van der Waals surface area contributed by atoms with Crippen molar-refractivity contribution in [3.63, 3.8) is 0 Å². The fourth-order valence-corrected chi connectivity index (χ4v) is 2.63. The zero-order chi connectivity index (χ0) is 15.8. The van der Waals surface area contributed by atoms with E-state index < -0.39 is 0 Å². The minimum Gasteiger partial charge on any atom is -0.307 e. The number of aromatic nitrogens is 5. The molecule has 0 aliphatic carbocycles. The summed E-state index contributed by atoms with van der Waals surface area (Å²) in [5, 5.41) is 16.0. The Balaban J connectivity index is 0.00000169. The van der Waals surface area contributed by atoms with Crippen molar-refractivity contribution in [2.75, 3.05) is 0 Å². The average Bonchev–Trinajstić information content (AvgIpc) is 3.21. The zero-order valence-corrected chi connectivity index (χ0v) is 13.6. The third-order valence-electron chi connectivity index (χ3n) is 3.67. The summed E-state index contributed by atoms with van der Waals surface area (Å²) < 4.78 is 1.96. The molecule has 0 bridgehead atoms. The van der Waals surface area contributed by atoms with E-state index in [4.69, 9.17) is 5.26 Å². The highest BCUT2D eigenvalue weighted by atomic mass is 35.5. The molecule has 4 rings (SSSR count). The molecule has 0 atom stereocenters. The van der Waals surface area contributed by atoms with Crippen molar-refractivity contribution in [3.8, 4) is 28.5 Å². The number of pyridine rings is 2. The molecule has 0 saturated heterocycles. The van der Waals surface area contributed by atoms with E-state index in [1.165, 1.54) is 0 Å². The molecule has 7 heteroatoms. The van der Waals surface area contributed by atoms with E-state index in [9.17, 15) is 0 Å². The van der Waals surface area contributed by atoms with Crippen molar-refractivity contribution in [2.24, 2.45) is 0 Å². The fourth-order valence-electron chi connectivity index (χ4n) is 2.63. The van der Waals surface area contributed by atoms with Gasteiger partial charge in [0, 0.05) is 35.3 Å². The molecule has 24 heavy (non-hydrogen) atoms. The van der Waals surface area contributed by atoms with Crippen LogP contribution in [-0.2, 0) is 0 Å². The molecule has 0 radical (unpaired) electrons. The number of halogens is 1. The van der Waals surface area contributed by atoms with Crippen molar-refractivity contribution in [1.82, 2.24) is 24.6 Å². The van der Waals surface area contributed by atoms with Crippen LogP contribution in [0.3, 0.4) is 0 Å². The van der Waals surface area contributed by atoms with Crippen molar-refractivity contribution in [3.05, 3.63) is 60.4 Å². The first kappa shape index (κ1) is 15.7. The smallest absolute Gasteiger partial charge is 0.141 e. The maximum absolute atomic E-state index is 9.16. The van der Waals surface area contributed by atoms with Crippen LogP contribution in [0, 0.1) is 18.3 Å². The van der Waals surface area contributed by atoms with Crippen LogP contribution >= 0.6 is 12.4 Å². The third kappa shape index (κ3) is 2.62. The number of nitriles is 1. The summed E-state index contributed by atoms with van der Waals surface area (Å²) in [6.45, 7) is 1.96. The monoisotopic (exact) mass is 336 g/mol. The molecule has 1 N–H and O–H groups in total. The van der Waals surface area contributed by atoms with Gasteiger partial charge < -0.3 is 4.40 Å². The SMILES string of the molecule is Cc1cn2ccc(-c3nc(C#N)ccc3-c3cn[nH]c3)cc2n1.Cl. The molecule has 4 aromatic heterocycles. The van der Waals surface area contributed by atoms with Crippen molar-refractivity contribution in [1.29, 1.82) is 5.26 Å². The Hall–Kier alpha value is -3.17. The van der Waals surface area contributed by atoms with Crippen molar-refractivity contribution in [2.45, 2.75) is 6.92 Å². The Labute approximate surface area is 144 Å². The summed E-state index contributed by atoms with van der Waals surface area (Å²) in [5.74, 6) is 0. The summed E-state index contributed by atoms with van der Waals surface area (Å²) >= 11 is 0. The summed E-state index contributed by atoms with van der Waals surface area (Å²) in [5.41, 5.74) is 5.69. The highest BCUT2D eigenvalue weighted by Gasteiger charge is 2.12. The van der Waals surface area contributed by atoms with Gasteiger partial charge in [-0.3, -0.25) is 5.10 Å². The Morgan fingerprint density at radius 3 is 2.79 bits per heavy atom. The predicted octanol–water partition coefficient (Wildman–Crippen LogP) is 3.39. The Morgan fingerprint density at radius 1 is 1.17 bits per heavy atom. The van der Waals surface area contributed by atoms with Crippen LogP contribution in [-0.4, -0.2) is 24.6 Å². The highest BCUT2D eigenvalue weighted by Crippen LogP contribution is 2.30. The Morgan fingerprint density at radius 2 is 2.04 bits per heavy atom. The number of imidazole rings is 1. The lowest BCUT2D eigenvalue weighted by Crippen LogP contribution is -1.93. The Bertz CT molecular complexity index is 1040. The lowest BCUT2D eigenvalue weighted by atomic mass is 10.0.